The first-order valence-corrected chi connectivity index (χ1v) is 8.18. The third-order valence-electron chi connectivity index (χ3n) is 3.12. The Kier molecular flexibility index (Phi) is 7.79. The Morgan fingerprint density at radius 1 is 0.926 bits per heavy atom. The monoisotopic (exact) mass is 444 g/mol. The summed E-state index contributed by atoms with van der Waals surface area (Å²) >= 11 is 2.86. The van der Waals surface area contributed by atoms with Gasteiger partial charge in [-0.1, -0.05) is 15.9 Å². The molecule has 8 nitrogen and oxygen atoms in total. The van der Waals surface area contributed by atoms with Gasteiger partial charge in [0.25, 0.3) is 11.4 Å². The second-order valence-electron chi connectivity index (χ2n) is 4.96. The number of Topliss-reactive ketones (excluding diaryl/α,β-unsaturated/α-hetero) is 2. The maximum Gasteiger partial charge on any atom is 0.270 e. The second-order valence-corrected chi connectivity index (χ2v) is 5.52. The molecule has 11 heteroatoms. The highest BCUT2D eigenvalue weighted by Gasteiger charge is 2.15. The summed E-state index contributed by atoms with van der Waals surface area (Å²) < 4.78 is 25.8. The van der Waals surface area contributed by atoms with E-state index in [9.17, 15) is 38.6 Å². The zero-order valence-corrected chi connectivity index (χ0v) is 15.2. The van der Waals surface area contributed by atoms with Crippen LogP contribution >= 0.6 is 15.9 Å². The summed E-state index contributed by atoms with van der Waals surface area (Å²) in [5, 5.41) is 20.5. The first-order chi connectivity index (χ1) is 12.6. The molecule has 0 spiro atoms. The summed E-state index contributed by atoms with van der Waals surface area (Å²) in [4.78, 5) is 41.1. The zero-order valence-electron chi connectivity index (χ0n) is 13.6. The molecule has 0 aliphatic rings. The number of hydrogen-bond acceptors (Lipinski definition) is 6. The summed E-state index contributed by atoms with van der Waals surface area (Å²) in [5.41, 5.74) is -1.10. The third kappa shape index (κ3) is 5.99. The molecule has 0 saturated heterocycles. The van der Waals surface area contributed by atoms with Gasteiger partial charge in [-0.2, -0.15) is 0 Å². The number of benzene rings is 2. The Balaban J connectivity index is 0.000000271. The van der Waals surface area contributed by atoms with Crippen molar-refractivity contribution in [1.29, 1.82) is 0 Å². The Morgan fingerprint density at radius 2 is 1.33 bits per heavy atom. The molecule has 2 aromatic rings. The van der Waals surface area contributed by atoms with Crippen LogP contribution in [0.15, 0.2) is 36.4 Å². The van der Waals surface area contributed by atoms with Gasteiger partial charge in [0, 0.05) is 24.3 Å². The molecule has 0 heterocycles. The fourth-order valence-corrected chi connectivity index (χ4v) is 2.11. The Morgan fingerprint density at radius 3 is 1.70 bits per heavy atom. The van der Waals surface area contributed by atoms with Crippen molar-refractivity contribution >= 4 is 38.9 Å². The number of non-ortho nitro benzene ring substituents is 2. The van der Waals surface area contributed by atoms with E-state index in [-0.39, 0.29) is 27.8 Å². The van der Waals surface area contributed by atoms with E-state index in [0.717, 1.165) is 43.3 Å². The van der Waals surface area contributed by atoms with Gasteiger partial charge in [0.1, 0.15) is 11.6 Å². The molecule has 0 unspecified atom stereocenters. The van der Waals surface area contributed by atoms with E-state index in [4.69, 9.17) is 0 Å². The molecular weight excluding hydrogens is 434 g/mol. The summed E-state index contributed by atoms with van der Waals surface area (Å²) in [7, 11) is 0. The van der Waals surface area contributed by atoms with Gasteiger partial charge >= 0.3 is 0 Å². The van der Waals surface area contributed by atoms with Gasteiger partial charge in [0.15, 0.2) is 11.6 Å². The first kappa shape index (κ1) is 22.0. The topological polar surface area (TPSA) is 120 Å². The van der Waals surface area contributed by atoms with Crippen molar-refractivity contribution in [2.75, 3.05) is 5.33 Å². The Bertz CT molecular complexity index is 920. The lowest BCUT2D eigenvalue weighted by atomic mass is 10.1. The molecule has 0 fully saturated rings. The van der Waals surface area contributed by atoms with Crippen LogP contribution < -0.4 is 0 Å². The van der Waals surface area contributed by atoms with Gasteiger partial charge in [0.05, 0.1) is 26.3 Å². The number of alkyl halides is 1. The number of nitrogens with zero attached hydrogens (tertiary/aromatic N) is 2. The van der Waals surface area contributed by atoms with Gasteiger partial charge < -0.3 is 0 Å². The average Bonchev–Trinajstić information content (AvgIpc) is 2.61. The number of ketones is 2. The molecule has 0 aromatic heterocycles. The van der Waals surface area contributed by atoms with Gasteiger partial charge in [-0.15, -0.1) is 0 Å². The van der Waals surface area contributed by atoms with E-state index in [1.807, 2.05) is 0 Å². The minimum atomic E-state index is -0.750. The molecule has 0 amide bonds. The SMILES string of the molecule is CC(=O)c1cc([N+](=O)[O-])ccc1F.O=C(CBr)c1cc([N+](=O)[O-])ccc1F. The van der Waals surface area contributed by atoms with Crippen LogP contribution in [-0.4, -0.2) is 26.7 Å². The highest BCUT2D eigenvalue weighted by molar-refractivity contribution is 9.09. The van der Waals surface area contributed by atoms with Crippen molar-refractivity contribution < 1.29 is 28.2 Å². The average molecular weight is 445 g/mol. The van der Waals surface area contributed by atoms with Gasteiger partial charge in [-0.05, 0) is 19.1 Å². The highest BCUT2D eigenvalue weighted by atomic mass is 79.9. The van der Waals surface area contributed by atoms with Crippen LogP contribution in [0.25, 0.3) is 0 Å². The number of hydrogen-bond donors (Lipinski definition) is 0. The minimum absolute atomic E-state index is 0.0644. The lowest BCUT2D eigenvalue weighted by Gasteiger charge is -1.98. The van der Waals surface area contributed by atoms with Gasteiger partial charge in [-0.25, -0.2) is 8.78 Å². The number of carbonyl (C=O) groups excluding carboxylic acids is 2. The predicted molar refractivity (Wildman–Crippen MR) is 94.2 cm³/mol. The van der Waals surface area contributed by atoms with Crippen molar-refractivity contribution in [2.24, 2.45) is 0 Å². The highest BCUT2D eigenvalue weighted by Crippen LogP contribution is 2.18. The molecule has 142 valence electrons. The van der Waals surface area contributed by atoms with Crippen LogP contribution in [0.4, 0.5) is 20.2 Å². The molecule has 0 aliphatic heterocycles. The van der Waals surface area contributed by atoms with Gasteiger partial charge in [0.2, 0.25) is 0 Å². The fourth-order valence-electron chi connectivity index (χ4n) is 1.81. The van der Waals surface area contributed by atoms with Gasteiger partial charge in [-0.3, -0.25) is 29.8 Å². The van der Waals surface area contributed by atoms with Crippen molar-refractivity contribution in [1.82, 2.24) is 0 Å². The predicted octanol–water partition coefficient (Wildman–Crippen LogP) is 4.25. The van der Waals surface area contributed by atoms with E-state index in [1.165, 1.54) is 0 Å². The Hall–Kier alpha value is -3.08. The molecule has 27 heavy (non-hydrogen) atoms. The number of carbonyl (C=O) groups is 2. The number of nitro benzene ring substituents is 2. The summed E-state index contributed by atoms with van der Waals surface area (Å²) in [6.45, 7) is 1.15. The van der Waals surface area contributed by atoms with Crippen LogP contribution in [0, 0.1) is 31.9 Å². The quantitative estimate of drug-likeness (QED) is 0.294. The van der Waals surface area contributed by atoms with E-state index in [2.05, 4.69) is 15.9 Å². The number of halogens is 3. The van der Waals surface area contributed by atoms with Crippen LogP contribution in [0.5, 0.6) is 0 Å². The second kappa shape index (κ2) is 9.57. The largest absolute Gasteiger partial charge is 0.294 e. The maximum absolute atomic E-state index is 13.0. The van der Waals surface area contributed by atoms with E-state index in [0.29, 0.717) is 0 Å². The smallest absolute Gasteiger partial charge is 0.270 e. The molecule has 0 radical (unpaired) electrons. The van der Waals surface area contributed by atoms with Crippen LogP contribution in [0.3, 0.4) is 0 Å². The van der Waals surface area contributed by atoms with Crippen LogP contribution in [0.1, 0.15) is 27.6 Å². The van der Waals surface area contributed by atoms with Crippen molar-refractivity contribution in [2.45, 2.75) is 6.92 Å². The van der Waals surface area contributed by atoms with Crippen molar-refractivity contribution in [3.8, 4) is 0 Å². The minimum Gasteiger partial charge on any atom is -0.294 e. The molecular formula is C16H11BrF2N2O6. The third-order valence-corrected chi connectivity index (χ3v) is 3.63. The molecule has 2 rings (SSSR count). The summed E-state index contributed by atoms with van der Waals surface area (Å²) in [5.74, 6) is -2.54. The van der Waals surface area contributed by atoms with Crippen molar-refractivity contribution in [3.63, 3.8) is 0 Å². The van der Waals surface area contributed by atoms with E-state index < -0.39 is 33.0 Å². The normalized spacial score (nSPS) is 9.78. The number of nitro groups is 2. The molecule has 0 atom stereocenters. The van der Waals surface area contributed by atoms with Crippen LogP contribution in [-0.2, 0) is 0 Å². The molecule has 0 aliphatic carbocycles. The lowest BCUT2D eigenvalue weighted by Crippen LogP contribution is -2.04. The summed E-state index contributed by atoms with van der Waals surface area (Å²) in [6, 6.07) is 5.71. The Labute approximate surface area is 159 Å². The summed E-state index contributed by atoms with van der Waals surface area (Å²) in [6.07, 6.45) is 0. The molecule has 0 N–H and O–H groups in total. The molecule has 2 aromatic carbocycles. The van der Waals surface area contributed by atoms with Crippen molar-refractivity contribution in [3.05, 3.63) is 79.4 Å². The zero-order chi connectivity index (χ0) is 20.7. The van der Waals surface area contributed by atoms with Crippen LogP contribution in [0.2, 0.25) is 0 Å². The fraction of sp³-hybridized carbons (Fsp3) is 0.125. The maximum atomic E-state index is 13.0. The van der Waals surface area contributed by atoms with E-state index >= 15 is 0 Å². The standard InChI is InChI=1S/C8H5BrFNO3.C8H6FNO3/c9-4-8(12)6-3-5(11(13)14)1-2-7(6)10;1-5(11)7-4-6(10(12)13)2-3-8(7)9/h1-3H,4H2;2-4H,1H3. The lowest BCUT2D eigenvalue weighted by molar-refractivity contribution is -0.385. The molecule has 0 saturated carbocycles. The number of rotatable bonds is 5. The first-order valence-electron chi connectivity index (χ1n) is 7.06. The molecule has 0 bridgehead atoms. The van der Waals surface area contributed by atoms with E-state index in [1.54, 1.807) is 0 Å².